The number of hydrogen-bond acceptors (Lipinski definition) is 3. The molecular formula is C12H19NO2. The van der Waals surface area contributed by atoms with Crippen LogP contribution in [0.15, 0.2) is 16.4 Å². The van der Waals surface area contributed by atoms with E-state index in [1.807, 2.05) is 27.7 Å². The summed E-state index contributed by atoms with van der Waals surface area (Å²) in [5.74, 6) is 0.0837. The third-order valence-electron chi connectivity index (χ3n) is 3.01. The molecule has 1 aliphatic rings. The minimum absolute atomic E-state index is 0.0615. The van der Waals surface area contributed by atoms with Gasteiger partial charge in [-0.1, -0.05) is 13.3 Å². The van der Waals surface area contributed by atoms with Crippen molar-refractivity contribution in [2.24, 2.45) is 10.4 Å². The van der Waals surface area contributed by atoms with Crippen molar-refractivity contribution < 1.29 is 9.90 Å². The first-order chi connectivity index (χ1) is 6.91. The maximum absolute atomic E-state index is 11.9. The van der Waals surface area contributed by atoms with Gasteiger partial charge in [-0.3, -0.25) is 4.79 Å². The fraction of sp³-hybridized carbons (Fsp3) is 0.667. The van der Waals surface area contributed by atoms with Gasteiger partial charge in [-0.15, -0.1) is 0 Å². The van der Waals surface area contributed by atoms with E-state index in [0.29, 0.717) is 6.42 Å². The molecule has 1 heterocycles. The molecule has 0 aliphatic carbocycles. The molecule has 0 bridgehead atoms. The Balaban J connectivity index is 2.95. The molecule has 15 heavy (non-hydrogen) atoms. The van der Waals surface area contributed by atoms with E-state index in [2.05, 4.69) is 4.99 Å². The van der Waals surface area contributed by atoms with E-state index in [4.69, 9.17) is 0 Å². The SMILES string of the molecule is CCCC/C(O)=C1\N=C(C)C(C)(C)C1=O. The molecule has 0 radical (unpaired) electrons. The zero-order valence-electron chi connectivity index (χ0n) is 9.92. The van der Waals surface area contributed by atoms with Crippen LogP contribution in [0.2, 0.25) is 0 Å². The molecule has 0 aromatic carbocycles. The van der Waals surface area contributed by atoms with Crippen LogP contribution in [0.5, 0.6) is 0 Å². The lowest BCUT2D eigenvalue weighted by atomic mass is 9.85. The van der Waals surface area contributed by atoms with Crippen molar-refractivity contribution in [1.82, 2.24) is 0 Å². The van der Waals surface area contributed by atoms with Gasteiger partial charge in [0.2, 0.25) is 0 Å². The van der Waals surface area contributed by atoms with E-state index in [1.165, 1.54) is 0 Å². The smallest absolute Gasteiger partial charge is 0.195 e. The van der Waals surface area contributed by atoms with Gasteiger partial charge in [0, 0.05) is 12.1 Å². The number of aliphatic hydroxyl groups is 1. The summed E-state index contributed by atoms with van der Waals surface area (Å²) in [7, 11) is 0. The van der Waals surface area contributed by atoms with Crippen molar-refractivity contribution in [2.45, 2.75) is 47.0 Å². The number of aliphatic imine (C=N–C) groups is 1. The van der Waals surface area contributed by atoms with Crippen LogP contribution >= 0.6 is 0 Å². The first kappa shape index (κ1) is 12.0. The van der Waals surface area contributed by atoms with Crippen LogP contribution in [-0.4, -0.2) is 16.6 Å². The molecule has 0 aromatic rings. The van der Waals surface area contributed by atoms with Crippen molar-refractivity contribution in [3.05, 3.63) is 11.5 Å². The third-order valence-corrected chi connectivity index (χ3v) is 3.01. The van der Waals surface area contributed by atoms with Crippen molar-refractivity contribution >= 4 is 11.5 Å². The standard InChI is InChI=1S/C12H19NO2/c1-5-6-7-9(14)10-11(15)12(3,4)8(2)13-10/h14H,5-7H2,1-4H3/b10-9+. The maximum atomic E-state index is 11.9. The first-order valence-electron chi connectivity index (χ1n) is 5.44. The Labute approximate surface area is 90.9 Å². The summed E-state index contributed by atoms with van der Waals surface area (Å²) in [5.41, 5.74) is 0.506. The number of rotatable bonds is 3. The van der Waals surface area contributed by atoms with Gasteiger partial charge in [-0.25, -0.2) is 4.99 Å². The minimum Gasteiger partial charge on any atom is -0.510 e. The number of Topliss-reactive ketones (excluding diaryl/α,β-unsaturated/α-hetero) is 1. The van der Waals surface area contributed by atoms with Crippen molar-refractivity contribution in [2.75, 3.05) is 0 Å². The number of carbonyl (C=O) groups excluding carboxylic acids is 1. The third kappa shape index (κ3) is 2.11. The highest BCUT2D eigenvalue weighted by molar-refractivity contribution is 6.20. The van der Waals surface area contributed by atoms with Gasteiger partial charge in [-0.2, -0.15) is 0 Å². The molecule has 0 saturated heterocycles. The highest BCUT2D eigenvalue weighted by Gasteiger charge is 2.40. The zero-order valence-corrected chi connectivity index (χ0v) is 9.92. The van der Waals surface area contributed by atoms with Crippen LogP contribution < -0.4 is 0 Å². The summed E-state index contributed by atoms with van der Waals surface area (Å²) < 4.78 is 0. The number of ketones is 1. The molecule has 0 aromatic heterocycles. The lowest BCUT2D eigenvalue weighted by Gasteiger charge is -2.14. The Morgan fingerprint density at radius 2 is 2.07 bits per heavy atom. The van der Waals surface area contributed by atoms with Crippen LogP contribution in [0.4, 0.5) is 0 Å². The summed E-state index contributed by atoms with van der Waals surface area (Å²) in [6.45, 7) is 7.56. The molecule has 3 heteroatoms. The Morgan fingerprint density at radius 3 is 2.47 bits per heavy atom. The average Bonchev–Trinajstić information content (AvgIpc) is 2.38. The number of aliphatic hydroxyl groups excluding tert-OH is 1. The Hall–Kier alpha value is -1.12. The quantitative estimate of drug-likeness (QED) is 0.573. The summed E-state index contributed by atoms with van der Waals surface area (Å²) in [6, 6.07) is 0. The molecule has 3 nitrogen and oxygen atoms in total. The minimum atomic E-state index is -0.546. The maximum Gasteiger partial charge on any atom is 0.195 e. The number of nitrogens with zero attached hydrogens (tertiary/aromatic N) is 1. The molecule has 0 saturated carbocycles. The zero-order chi connectivity index (χ0) is 11.6. The number of unbranched alkanes of at least 4 members (excludes halogenated alkanes) is 1. The fourth-order valence-corrected chi connectivity index (χ4v) is 1.48. The van der Waals surface area contributed by atoms with Crippen molar-refractivity contribution in [3.63, 3.8) is 0 Å². The van der Waals surface area contributed by atoms with E-state index in [1.54, 1.807) is 0 Å². The highest BCUT2D eigenvalue weighted by Crippen LogP contribution is 2.32. The van der Waals surface area contributed by atoms with Crippen molar-refractivity contribution in [1.29, 1.82) is 0 Å². The molecule has 1 N–H and O–H groups in total. The Morgan fingerprint density at radius 1 is 1.47 bits per heavy atom. The summed E-state index contributed by atoms with van der Waals surface area (Å²) >= 11 is 0. The van der Waals surface area contributed by atoms with E-state index in [-0.39, 0.29) is 17.2 Å². The molecule has 0 spiro atoms. The second-order valence-corrected chi connectivity index (χ2v) is 4.55. The van der Waals surface area contributed by atoms with Gasteiger partial charge in [0.05, 0.1) is 5.41 Å². The summed E-state index contributed by atoms with van der Waals surface area (Å²) in [4.78, 5) is 16.1. The van der Waals surface area contributed by atoms with Gasteiger partial charge < -0.3 is 5.11 Å². The molecule has 1 rings (SSSR count). The lowest BCUT2D eigenvalue weighted by molar-refractivity contribution is -0.119. The first-order valence-corrected chi connectivity index (χ1v) is 5.44. The summed E-state index contributed by atoms with van der Waals surface area (Å²) in [6.07, 6.45) is 2.43. The van der Waals surface area contributed by atoms with Gasteiger partial charge in [0.25, 0.3) is 0 Å². The second-order valence-electron chi connectivity index (χ2n) is 4.55. The largest absolute Gasteiger partial charge is 0.510 e. The number of hydrogen-bond donors (Lipinski definition) is 1. The van der Waals surface area contributed by atoms with Gasteiger partial charge in [-0.05, 0) is 27.2 Å². The number of carbonyl (C=O) groups is 1. The van der Waals surface area contributed by atoms with Crippen LogP contribution in [0.1, 0.15) is 47.0 Å². The normalized spacial score (nSPS) is 22.9. The lowest BCUT2D eigenvalue weighted by Crippen LogP contribution is -2.26. The average molecular weight is 209 g/mol. The van der Waals surface area contributed by atoms with Gasteiger partial charge in [0.1, 0.15) is 11.5 Å². The van der Waals surface area contributed by atoms with Crippen LogP contribution in [0, 0.1) is 5.41 Å². The highest BCUT2D eigenvalue weighted by atomic mass is 16.3. The topological polar surface area (TPSA) is 49.7 Å². The molecule has 0 unspecified atom stereocenters. The molecule has 0 atom stereocenters. The predicted octanol–water partition coefficient (Wildman–Crippen LogP) is 3.02. The monoisotopic (exact) mass is 209 g/mol. The second kappa shape index (κ2) is 4.17. The van der Waals surface area contributed by atoms with E-state index in [9.17, 15) is 9.90 Å². The number of allylic oxidation sites excluding steroid dienone is 2. The van der Waals surface area contributed by atoms with Crippen molar-refractivity contribution in [3.8, 4) is 0 Å². The predicted molar refractivity (Wildman–Crippen MR) is 61.1 cm³/mol. The fourth-order valence-electron chi connectivity index (χ4n) is 1.48. The summed E-state index contributed by atoms with van der Waals surface area (Å²) in [5, 5.41) is 9.75. The van der Waals surface area contributed by atoms with Crippen LogP contribution in [0.25, 0.3) is 0 Å². The van der Waals surface area contributed by atoms with E-state index >= 15 is 0 Å². The van der Waals surface area contributed by atoms with E-state index < -0.39 is 5.41 Å². The molecule has 84 valence electrons. The van der Waals surface area contributed by atoms with Gasteiger partial charge >= 0.3 is 0 Å². The van der Waals surface area contributed by atoms with E-state index in [0.717, 1.165) is 18.6 Å². The van der Waals surface area contributed by atoms with Crippen LogP contribution in [0.3, 0.4) is 0 Å². The Kier molecular flexibility index (Phi) is 3.32. The molecule has 0 fully saturated rings. The van der Waals surface area contributed by atoms with Crippen LogP contribution in [-0.2, 0) is 4.79 Å². The Bertz CT molecular complexity index is 338. The van der Waals surface area contributed by atoms with Gasteiger partial charge in [0.15, 0.2) is 5.78 Å². The molecule has 0 amide bonds. The molecule has 1 aliphatic heterocycles. The molecular weight excluding hydrogens is 190 g/mol.